The molecule has 8 nitrogen and oxygen atoms in total. The maximum atomic E-state index is 10.6. The zero-order chi connectivity index (χ0) is 21.6. The quantitative estimate of drug-likeness (QED) is 0.335. The van der Waals surface area contributed by atoms with E-state index in [4.69, 9.17) is 9.47 Å². The van der Waals surface area contributed by atoms with Gasteiger partial charge in [0.25, 0.3) is 0 Å². The van der Waals surface area contributed by atoms with E-state index in [1.54, 1.807) is 0 Å². The van der Waals surface area contributed by atoms with E-state index in [9.17, 15) is 30.6 Å². The van der Waals surface area contributed by atoms with Gasteiger partial charge in [0.05, 0.1) is 24.9 Å². The first-order chi connectivity index (χ1) is 13.6. The van der Waals surface area contributed by atoms with E-state index in [0.29, 0.717) is 25.7 Å². The number of aliphatic hydroxyl groups excluding tert-OH is 6. The van der Waals surface area contributed by atoms with Crippen LogP contribution in [0.2, 0.25) is 0 Å². The van der Waals surface area contributed by atoms with Gasteiger partial charge in [-0.2, -0.15) is 0 Å². The van der Waals surface area contributed by atoms with Gasteiger partial charge in [0.1, 0.15) is 24.4 Å². The van der Waals surface area contributed by atoms with Crippen molar-refractivity contribution in [1.29, 1.82) is 0 Å². The predicted molar refractivity (Wildman–Crippen MR) is 104 cm³/mol. The van der Waals surface area contributed by atoms with Crippen molar-refractivity contribution >= 4 is 0 Å². The van der Waals surface area contributed by atoms with E-state index >= 15 is 0 Å². The van der Waals surface area contributed by atoms with E-state index in [0.717, 1.165) is 12.0 Å². The lowest BCUT2D eigenvalue weighted by atomic mass is 9.53. The topological polar surface area (TPSA) is 140 Å². The van der Waals surface area contributed by atoms with E-state index in [1.807, 2.05) is 13.8 Å². The van der Waals surface area contributed by atoms with Crippen molar-refractivity contribution in [2.45, 2.75) is 88.4 Å². The van der Waals surface area contributed by atoms with Gasteiger partial charge in [-0.25, -0.2) is 0 Å². The fourth-order valence-electron chi connectivity index (χ4n) is 5.50. The molecule has 8 heteroatoms. The summed E-state index contributed by atoms with van der Waals surface area (Å²) in [5.74, 6) is 0.0225. The van der Waals surface area contributed by atoms with Crippen LogP contribution < -0.4 is 0 Å². The average Bonchev–Trinajstić information content (AvgIpc) is 2.70. The van der Waals surface area contributed by atoms with Crippen molar-refractivity contribution in [3.63, 3.8) is 0 Å². The van der Waals surface area contributed by atoms with Gasteiger partial charge in [-0.05, 0) is 57.8 Å². The summed E-state index contributed by atoms with van der Waals surface area (Å²) in [6.45, 7) is 7.37. The number of hydrogen-bond acceptors (Lipinski definition) is 8. The zero-order valence-corrected chi connectivity index (χ0v) is 17.3. The summed E-state index contributed by atoms with van der Waals surface area (Å²) >= 11 is 0. The Labute approximate surface area is 171 Å². The number of fused-ring (bicyclic) bond motifs is 1. The van der Waals surface area contributed by atoms with E-state index < -0.39 is 54.4 Å². The van der Waals surface area contributed by atoms with Gasteiger partial charge in [-0.1, -0.05) is 12.2 Å². The Morgan fingerprint density at radius 2 is 1.79 bits per heavy atom. The molecule has 29 heavy (non-hydrogen) atoms. The summed E-state index contributed by atoms with van der Waals surface area (Å²) in [6.07, 6.45) is -3.74. The molecule has 0 aromatic heterocycles. The molecule has 1 aliphatic heterocycles. The molecule has 3 fully saturated rings. The number of aliphatic hydroxyl groups is 6. The Kier molecular flexibility index (Phi) is 6.78. The number of allylic oxidation sites excluding steroid dienone is 1. The van der Waals surface area contributed by atoms with Crippen LogP contribution in [0.3, 0.4) is 0 Å². The third kappa shape index (κ3) is 4.02. The van der Waals surface area contributed by atoms with Crippen molar-refractivity contribution in [1.82, 2.24) is 0 Å². The largest absolute Gasteiger partial charge is 0.396 e. The molecular weight excluding hydrogens is 380 g/mol. The molecule has 2 saturated carbocycles. The minimum absolute atomic E-state index is 0.0207. The number of ether oxygens (including phenoxy) is 2. The second-order valence-electron chi connectivity index (χ2n) is 9.55. The van der Waals surface area contributed by atoms with Crippen LogP contribution >= 0.6 is 0 Å². The van der Waals surface area contributed by atoms with Crippen LogP contribution in [-0.4, -0.2) is 86.3 Å². The Balaban J connectivity index is 1.74. The minimum Gasteiger partial charge on any atom is -0.396 e. The Morgan fingerprint density at radius 1 is 1.10 bits per heavy atom. The summed E-state index contributed by atoms with van der Waals surface area (Å²) in [5, 5.41) is 60.4. The van der Waals surface area contributed by atoms with Crippen LogP contribution in [0.1, 0.15) is 46.0 Å². The molecule has 168 valence electrons. The maximum Gasteiger partial charge on any atom is 0.187 e. The highest BCUT2D eigenvalue weighted by atomic mass is 16.7. The predicted octanol–water partition coefficient (Wildman–Crippen LogP) is -0.313. The van der Waals surface area contributed by atoms with Gasteiger partial charge in [0, 0.05) is 5.41 Å². The van der Waals surface area contributed by atoms with E-state index in [1.165, 1.54) is 0 Å². The number of hydrogen-bond donors (Lipinski definition) is 6. The highest BCUT2D eigenvalue weighted by Gasteiger charge is 2.54. The summed E-state index contributed by atoms with van der Waals surface area (Å²) in [5.41, 5.74) is -0.277. The van der Waals surface area contributed by atoms with Gasteiger partial charge >= 0.3 is 0 Å². The van der Waals surface area contributed by atoms with Crippen LogP contribution in [-0.2, 0) is 9.47 Å². The molecule has 0 bridgehead atoms. The molecule has 0 radical (unpaired) electrons. The average molecular weight is 417 g/mol. The first-order valence-corrected chi connectivity index (χ1v) is 10.5. The smallest absolute Gasteiger partial charge is 0.187 e. The third-order valence-corrected chi connectivity index (χ3v) is 7.61. The van der Waals surface area contributed by atoms with Crippen molar-refractivity contribution in [3.05, 3.63) is 12.2 Å². The Bertz CT molecular complexity index is 593. The fraction of sp³-hybridized carbons (Fsp3) is 0.905. The summed E-state index contributed by atoms with van der Waals surface area (Å²) < 4.78 is 11.6. The fourth-order valence-corrected chi connectivity index (χ4v) is 5.50. The van der Waals surface area contributed by atoms with Crippen LogP contribution in [0.4, 0.5) is 0 Å². The molecular formula is C21H36O8. The summed E-state index contributed by atoms with van der Waals surface area (Å²) in [4.78, 5) is 0. The van der Waals surface area contributed by atoms with E-state index in [-0.39, 0.29) is 18.4 Å². The normalized spacial score (nSPS) is 46.4. The lowest BCUT2D eigenvalue weighted by Gasteiger charge is -2.55. The number of rotatable bonds is 5. The molecule has 0 spiro atoms. The van der Waals surface area contributed by atoms with Crippen LogP contribution in [0.5, 0.6) is 0 Å². The lowest BCUT2D eigenvalue weighted by molar-refractivity contribution is -0.330. The molecule has 1 saturated heterocycles. The van der Waals surface area contributed by atoms with Crippen molar-refractivity contribution in [2.24, 2.45) is 17.3 Å². The Morgan fingerprint density at radius 3 is 2.41 bits per heavy atom. The molecule has 9 unspecified atom stereocenters. The Hall–Kier alpha value is -0.580. The standard InChI is InChI=1S/C21H36O8/c1-11-4-5-15(24)21(10-23)7-6-12(8-13(11)21)20(2,3)29-19-18(27)17(26)16(25)14(9-22)28-19/h12-19,22-27H,1,4-10H2,2-3H3. The summed E-state index contributed by atoms with van der Waals surface area (Å²) in [6, 6.07) is 0. The van der Waals surface area contributed by atoms with Crippen LogP contribution in [0.15, 0.2) is 12.2 Å². The summed E-state index contributed by atoms with van der Waals surface area (Å²) in [7, 11) is 0. The third-order valence-electron chi connectivity index (χ3n) is 7.61. The van der Waals surface area contributed by atoms with E-state index in [2.05, 4.69) is 6.58 Å². The maximum absolute atomic E-state index is 10.6. The highest BCUT2D eigenvalue weighted by Crippen LogP contribution is 2.55. The van der Waals surface area contributed by atoms with Crippen molar-refractivity contribution in [3.8, 4) is 0 Å². The van der Waals surface area contributed by atoms with Gasteiger partial charge in [0.15, 0.2) is 6.29 Å². The van der Waals surface area contributed by atoms with Crippen molar-refractivity contribution in [2.75, 3.05) is 13.2 Å². The van der Waals surface area contributed by atoms with Crippen molar-refractivity contribution < 1.29 is 40.1 Å². The monoisotopic (exact) mass is 416 g/mol. The first-order valence-electron chi connectivity index (χ1n) is 10.5. The molecule has 0 aromatic rings. The lowest BCUT2D eigenvalue weighted by Crippen LogP contribution is -2.61. The van der Waals surface area contributed by atoms with Crippen LogP contribution in [0, 0.1) is 17.3 Å². The molecule has 2 aliphatic carbocycles. The molecule has 3 aliphatic rings. The first kappa shape index (κ1) is 23.1. The zero-order valence-electron chi connectivity index (χ0n) is 17.3. The SMILES string of the molecule is C=C1CCC(O)C2(CO)CCC(C(C)(C)OC3OC(CO)C(O)C(O)C3O)CC12. The van der Waals surface area contributed by atoms with Gasteiger partial charge in [0.2, 0.25) is 0 Å². The second kappa shape index (κ2) is 8.51. The minimum atomic E-state index is -1.48. The second-order valence-corrected chi connectivity index (χ2v) is 9.55. The van der Waals surface area contributed by atoms with Gasteiger partial charge < -0.3 is 40.1 Å². The van der Waals surface area contributed by atoms with Gasteiger partial charge in [-0.3, -0.25) is 0 Å². The molecule has 1 heterocycles. The van der Waals surface area contributed by atoms with Gasteiger partial charge in [-0.15, -0.1) is 0 Å². The molecule has 0 aromatic carbocycles. The molecule has 0 amide bonds. The highest BCUT2D eigenvalue weighted by molar-refractivity contribution is 5.17. The molecule has 9 atom stereocenters. The molecule has 3 rings (SSSR count). The van der Waals surface area contributed by atoms with Crippen LogP contribution in [0.25, 0.3) is 0 Å². The molecule has 6 N–H and O–H groups in total.